The zero-order chi connectivity index (χ0) is 11.8. The highest BCUT2D eigenvalue weighted by Crippen LogP contribution is 2.44. The fourth-order valence-electron chi connectivity index (χ4n) is 1.58. The van der Waals surface area contributed by atoms with Gasteiger partial charge in [0.15, 0.2) is 11.6 Å². The zero-order valence-electron chi connectivity index (χ0n) is 8.77. The molecule has 1 aliphatic carbocycles. The average molecular weight is 312 g/mol. The van der Waals surface area contributed by atoms with Crippen LogP contribution in [-0.4, -0.2) is 19.9 Å². The van der Waals surface area contributed by atoms with Crippen molar-refractivity contribution in [2.75, 3.05) is 0 Å². The second-order valence-corrected chi connectivity index (χ2v) is 5.03. The van der Waals surface area contributed by atoms with Crippen molar-refractivity contribution in [1.82, 2.24) is 19.9 Å². The van der Waals surface area contributed by atoms with Gasteiger partial charge in [0.25, 0.3) is 0 Å². The van der Waals surface area contributed by atoms with E-state index in [0.717, 1.165) is 23.0 Å². The Morgan fingerprint density at radius 1 is 1.12 bits per heavy atom. The Morgan fingerprint density at radius 3 is 2.47 bits per heavy atom. The summed E-state index contributed by atoms with van der Waals surface area (Å²) < 4.78 is 0.793. The molecular weight excluding hydrogens is 304 g/mol. The van der Waals surface area contributed by atoms with Crippen LogP contribution in [0.5, 0.6) is 0 Å². The van der Waals surface area contributed by atoms with Gasteiger partial charge in [-0.15, -0.1) is 0 Å². The lowest BCUT2D eigenvalue weighted by Crippen LogP contribution is -1.99. The van der Waals surface area contributed by atoms with Crippen molar-refractivity contribution in [3.63, 3.8) is 0 Å². The third-order valence-electron chi connectivity index (χ3n) is 2.57. The SMILES string of the molecule is Clc1nc(-c2ncccn2)nc(C2CC2)c1Br. The van der Waals surface area contributed by atoms with E-state index in [4.69, 9.17) is 11.6 Å². The molecule has 17 heavy (non-hydrogen) atoms. The lowest BCUT2D eigenvalue weighted by molar-refractivity contribution is 0.962. The molecule has 0 unspecified atom stereocenters. The molecule has 6 heteroatoms. The highest BCUT2D eigenvalue weighted by molar-refractivity contribution is 9.10. The molecule has 1 aliphatic rings. The van der Waals surface area contributed by atoms with E-state index in [1.54, 1.807) is 18.5 Å². The first-order valence-electron chi connectivity index (χ1n) is 5.26. The lowest BCUT2D eigenvalue weighted by atomic mass is 10.3. The van der Waals surface area contributed by atoms with E-state index in [9.17, 15) is 0 Å². The van der Waals surface area contributed by atoms with E-state index in [1.165, 1.54) is 0 Å². The van der Waals surface area contributed by atoms with Gasteiger partial charge in [0.2, 0.25) is 0 Å². The van der Waals surface area contributed by atoms with Crippen LogP contribution in [0.15, 0.2) is 22.9 Å². The molecular formula is C11H8BrClN4. The molecule has 2 aromatic rings. The summed E-state index contributed by atoms with van der Waals surface area (Å²) in [6, 6.07) is 1.76. The second kappa shape index (κ2) is 4.31. The number of hydrogen-bond acceptors (Lipinski definition) is 4. The molecule has 0 bridgehead atoms. The predicted molar refractivity (Wildman–Crippen MR) is 67.7 cm³/mol. The van der Waals surface area contributed by atoms with Gasteiger partial charge in [-0.25, -0.2) is 19.9 Å². The maximum absolute atomic E-state index is 6.09. The minimum Gasteiger partial charge on any atom is -0.234 e. The Balaban J connectivity index is 2.12. The summed E-state index contributed by atoms with van der Waals surface area (Å²) in [4.78, 5) is 17.0. The summed E-state index contributed by atoms with van der Waals surface area (Å²) in [5.74, 6) is 1.48. The van der Waals surface area contributed by atoms with Crippen LogP contribution in [0.2, 0.25) is 5.15 Å². The van der Waals surface area contributed by atoms with E-state index < -0.39 is 0 Å². The Kier molecular flexibility index (Phi) is 2.80. The summed E-state index contributed by atoms with van der Waals surface area (Å²) in [5.41, 5.74) is 0.965. The van der Waals surface area contributed by atoms with Crippen molar-refractivity contribution in [2.24, 2.45) is 0 Å². The van der Waals surface area contributed by atoms with Crippen LogP contribution in [0.4, 0.5) is 0 Å². The molecule has 0 spiro atoms. The zero-order valence-corrected chi connectivity index (χ0v) is 11.1. The van der Waals surface area contributed by atoms with Gasteiger partial charge in [-0.05, 0) is 34.8 Å². The lowest BCUT2D eigenvalue weighted by Gasteiger charge is -2.06. The number of nitrogens with zero attached hydrogens (tertiary/aromatic N) is 4. The highest BCUT2D eigenvalue weighted by Gasteiger charge is 2.29. The summed E-state index contributed by atoms with van der Waals surface area (Å²) in [6.45, 7) is 0. The third kappa shape index (κ3) is 2.17. The van der Waals surface area contributed by atoms with Gasteiger partial charge in [0, 0.05) is 18.3 Å². The predicted octanol–water partition coefficient (Wildman–Crippen LogP) is 3.23. The maximum atomic E-state index is 6.09. The monoisotopic (exact) mass is 310 g/mol. The number of halogens is 2. The average Bonchev–Trinajstić information content (AvgIpc) is 3.18. The molecule has 1 saturated carbocycles. The highest BCUT2D eigenvalue weighted by atomic mass is 79.9. The van der Waals surface area contributed by atoms with Crippen molar-refractivity contribution in [3.05, 3.63) is 33.8 Å². The molecule has 4 nitrogen and oxygen atoms in total. The molecule has 0 N–H and O–H groups in total. The minimum absolute atomic E-state index is 0.421. The van der Waals surface area contributed by atoms with E-state index in [-0.39, 0.29) is 0 Å². The fourth-order valence-corrected chi connectivity index (χ4v) is 2.26. The largest absolute Gasteiger partial charge is 0.234 e. The molecule has 0 atom stereocenters. The number of rotatable bonds is 2. The molecule has 0 radical (unpaired) electrons. The molecule has 1 fully saturated rings. The normalized spacial score (nSPS) is 14.9. The Bertz CT molecular complexity index is 557. The molecule has 0 amide bonds. The summed E-state index contributed by atoms with van der Waals surface area (Å²) in [6.07, 6.45) is 5.64. The van der Waals surface area contributed by atoms with E-state index >= 15 is 0 Å². The minimum atomic E-state index is 0.421. The van der Waals surface area contributed by atoms with Gasteiger partial charge in [0.1, 0.15) is 5.15 Å². The second-order valence-electron chi connectivity index (χ2n) is 3.88. The maximum Gasteiger partial charge on any atom is 0.199 e. The van der Waals surface area contributed by atoms with Gasteiger partial charge >= 0.3 is 0 Å². The van der Waals surface area contributed by atoms with E-state index in [1.807, 2.05) is 0 Å². The Labute approximate surface area is 112 Å². The van der Waals surface area contributed by atoms with Crippen molar-refractivity contribution in [3.8, 4) is 11.6 Å². The van der Waals surface area contributed by atoms with Crippen LogP contribution in [0, 0.1) is 0 Å². The standard InChI is InChI=1S/C11H8BrClN4/c12-7-8(6-2-3-6)16-11(17-9(7)13)10-14-4-1-5-15-10/h1,4-6H,2-3H2. The van der Waals surface area contributed by atoms with Gasteiger partial charge < -0.3 is 0 Å². The molecule has 0 aromatic carbocycles. The van der Waals surface area contributed by atoms with Crippen LogP contribution < -0.4 is 0 Å². The molecule has 0 aliphatic heterocycles. The topological polar surface area (TPSA) is 51.6 Å². The van der Waals surface area contributed by atoms with Gasteiger partial charge in [0.05, 0.1) is 10.2 Å². The van der Waals surface area contributed by atoms with Crippen LogP contribution >= 0.6 is 27.5 Å². The summed E-state index contributed by atoms with van der Waals surface area (Å²) in [7, 11) is 0. The molecule has 2 aromatic heterocycles. The van der Waals surface area contributed by atoms with Crippen molar-refractivity contribution < 1.29 is 0 Å². The fraction of sp³-hybridized carbons (Fsp3) is 0.273. The van der Waals surface area contributed by atoms with E-state index in [2.05, 4.69) is 35.9 Å². The van der Waals surface area contributed by atoms with Crippen LogP contribution in [0.1, 0.15) is 24.5 Å². The van der Waals surface area contributed by atoms with Crippen LogP contribution in [0.25, 0.3) is 11.6 Å². The van der Waals surface area contributed by atoms with Gasteiger partial charge in [-0.2, -0.15) is 0 Å². The Hall–Kier alpha value is -1.07. The molecule has 3 rings (SSSR count). The van der Waals surface area contributed by atoms with Crippen molar-refractivity contribution >= 4 is 27.5 Å². The molecule has 2 heterocycles. The first-order chi connectivity index (χ1) is 8.25. The van der Waals surface area contributed by atoms with Gasteiger partial charge in [-0.1, -0.05) is 11.6 Å². The smallest absolute Gasteiger partial charge is 0.199 e. The van der Waals surface area contributed by atoms with Crippen molar-refractivity contribution in [1.29, 1.82) is 0 Å². The number of hydrogen-bond donors (Lipinski definition) is 0. The van der Waals surface area contributed by atoms with Crippen molar-refractivity contribution in [2.45, 2.75) is 18.8 Å². The van der Waals surface area contributed by atoms with Crippen LogP contribution in [-0.2, 0) is 0 Å². The summed E-state index contributed by atoms with van der Waals surface area (Å²) in [5, 5.41) is 0.421. The first-order valence-corrected chi connectivity index (χ1v) is 6.43. The summed E-state index contributed by atoms with van der Waals surface area (Å²) >= 11 is 9.52. The Morgan fingerprint density at radius 2 is 1.82 bits per heavy atom. The third-order valence-corrected chi connectivity index (χ3v) is 3.85. The molecule has 0 saturated heterocycles. The first kappa shape index (κ1) is 11.0. The van der Waals surface area contributed by atoms with Gasteiger partial charge in [-0.3, -0.25) is 0 Å². The quantitative estimate of drug-likeness (QED) is 0.799. The molecule has 86 valence electrons. The van der Waals surface area contributed by atoms with Crippen LogP contribution in [0.3, 0.4) is 0 Å². The number of aromatic nitrogens is 4. The van der Waals surface area contributed by atoms with E-state index in [0.29, 0.717) is 22.7 Å².